The second-order valence-electron chi connectivity index (χ2n) is 6.45. The number of nitrogens with zero attached hydrogens (tertiary/aromatic N) is 1. The van der Waals surface area contributed by atoms with Crippen LogP contribution in [-0.2, 0) is 0 Å². The number of pyridine rings is 1. The maximum atomic E-state index is 12.7. The number of piperidine rings is 1. The Morgan fingerprint density at radius 2 is 1.96 bits per heavy atom. The molecule has 9 heteroatoms. The number of anilines is 1. The Hall–Kier alpha value is -2.09. The monoisotopic (exact) mass is 429 g/mol. The highest BCUT2D eigenvalue weighted by Gasteiger charge is 2.23. The Morgan fingerprint density at radius 3 is 2.57 bits per heavy atom. The lowest BCUT2D eigenvalue weighted by atomic mass is 9.94. The van der Waals surface area contributed by atoms with Gasteiger partial charge in [0.25, 0.3) is 5.91 Å². The van der Waals surface area contributed by atoms with Crippen LogP contribution in [0.1, 0.15) is 46.1 Å². The minimum Gasteiger partial charge on any atom is -0.493 e. The van der Waals surface area contributed by atoms with E-state index in [2.05, 4.69) is 15.6 Å². The standard InChI is InChI=1S/C19H23N3O4.2ClH/c1-11-10-15(13-4-7-20-8-5-13)26-19(24)16(11)18(23)22-14-6-9-21-12(2)17(14)25-3;;/h6,9-10,13,20H,4-5,7-8H2,1-3H3,(H,21,22,23);2*1H. The molecular weight excluding hydrogens is 405 g/mol. The molecule has 1 aliphatic rings. The number of halogens is 2. The number of hydrogen-bond acceptors (Lipinski definition) is 6. The van der Waals surface area contributed by atoms with Crippen molar-refractivity contribution >= 4 is 36.4 Å². The average Bonchev–Trinajstić information content (AvgIpc) is 2.62. The van der Waals surface area contributed by atoms with Gasteiger partial charge in [0, 0.05) is 12.1 Å². The third kappa shape index (κ3) is 5.04. The van der Waals surface area contributed by atoms with Gasteiger partial charge in [-0.25, -0.2) is 4.79 Å². The van der Waals surface area contributed by atoms with E-state index in [1.165, 1.54) is 7.11 Å². The highest BCUT2D eigenvalue weighted by Crippen LogP contribution is 2.28. The molecule has 3 heterocycles. The number of nitrogens with one attached hydrogen (secondary N) is 2. The topological polar surface area (TPSA) is 93.5 Å². The zero-order valence-electron chi connectivity index (χ0n) is 16.0. The first-order chi connectivity index (χ1) is 12.5. The number of ether oxygens (including phenoxy) is 1. The summed E-state index contributed by atoms with van der Waals surface area (Å²) in [5.74, 6) is 0.816. The Bertz CT molecular complexity index is 880. The molecule has 2 aromatic rings. The fraction of sp³-hybridized carbons (Fsp3) is 0.421. The lowest BCUT2D eigenvalue weighted by Crippen LogP contribution is -2.28. The van der Waals surface area contributed by atoms with Crippen LogP contribution in [0.2, 0.25) is 0 Å². The summed E-state index contributed by atoms with van der Waals surface area (Å²) in [5.41, 5.74) is 1.12. The van der Waals surface area contributed by atoms with Gasteiger partial charge in [-0.2, -0.15) is 0 Å². The molecule has 0 bridgehead atoms. The maximum absolute atomic E-state index is 12.7. The Balaban J connectivity index is 0.00000196. The first-order valence-corrected chi connectivity index (χ1v) is 8.67. The van der Waals surface area contributed by atoms with Crippen molar-refractivity contribution in [3.8, 4) is 5.75 Å². The minimum absolute atomic E-state index is 0. The largest absolute Gasteiger partial charge is 0.493 e. The summed E-state index contributed by atoms with van der Waals surface area (Å²) in [6, 6.07) is 3.44. The lowest BCUT2D eigenvalue weighted by Gasteiger charge is -2.22. The molecule has 1 saturated heterocycles. The number of aromatic nitrogens is 1. The van der Waals surface area contributed by atoms with E-state index in [1.807, 2.05) is 0 Å². The first-order valence-electron chi connectivity index (χ1n) is 8.67. The predicted octanol–water partition coefficient (Wildman–Crippen LogP) is 3.22. The van der Waals surface area contributed by atoms with Crippen molar-refractivity contribution < 1.29 is 13.9 Å². The second-order valence-corrected chi connectivity index (χ2v) is 6.45. The van der Waals surface area contributed by atoms with Crippen LogP contribution in [0.3, 0.4) is 0 Å². The van der Waals surface area contributed by atoms with Crippen LogP contribution < -0.4 is 21.0 Å². The van der Waals surface area contributed by atoms with Gasteiger partial charge in [-0.3, -0.25) is 9.78 Å². The number of hydrogen-bond donors (Lipinski definition) is 2. The molecule has 0 spiro atoms. The number of carbonyl (C=O) groups is 1. The smallest absolute Gasteiger partial charge is 0.349 e. The van der Waals surface area contributed by atoms with Gasteiger partial charge in [-0.05, 0) is 57.5 Å². The molecule has 1 fully saturated rings. The third-order valence-corrected chi connectivity index (χ3v) is 4.67. The minimum atomic E-state index is -0.610. The summed E-state index contributed by atoms with van der Waals surface area (Å²) >= 11 is 0. The summed E-state index contributed by atoms with van der Waals surface area (Å²) in [7, 11) is 1.51. The number of methoxy groups -OCH3 is 1. The molecule has 1 amide bonds. The molecule has 7 nitrogen and oxygen atoms in total. The van der Waals surface area contributed by atoms with Crippen molar-refractivity contribution in [3.63, 3.8) is 0 Å². The number of rotatable bonds is 4. The third-order valence-electron chi connectivity index (χ3n) is 4.67. The van der Waals surface area contributed by atoms with Crippen LogP contribution in [0.25, 0.3) is 0 Å². The van der Waals surface area contributed by atoms with E-state index >= 15 is 0 Å². The van der Waals surface area contributed by atoms with Gasteiger partial charge >= 0.3 is 5.63 Å². The van der Waals surface area contributed by atoms with Crippen LogP contribution in [-0.4, -0.2) is 31.1 Å². The van der Waals surface area contributed by atoms with Crippen LogP contribution in [0, 0.1) is 13.8 Å². The molecular formula is C19H25Cl2N3O4. The van der Waals surface area contributed by atoms with Crippen molar-refractivity contribution in [2.45, 2.75) is 32.6 Å². The summed E-state index contributed by atoms with van der Waals surface area (Å²) in [5, 5.41) is 6.01. The SMILES string of the molecule is COc1c(NC(=O)c2c(C)cc(C3CCNCC3)oc2=O)ccnc1C.Cl.Cl. The van der Waals surface area contributed by atoms with Crippen LogP contribution >= 0.6 is 24.8 Å². The Morgan fingerprint density at radius 1 is 1.29 bits per heavy atom. The van der Waals surface area contributed by atoms with E-state index in [1.54, 1.807) is 32.2 Å². The van der Waals surface area contributed by atoms with Crippen molar-refractivity contribution in [3.05, 3.63) is 51.3 Å². The van der Waals surface area contributed by atoms with Crippen molar-refractivity contribution in [2.24, 2.45) is 0 Å². The van der Waals surface area contributed by atoms with E-state index in [-0.39, 0.29) is 36.3 Å². The molecule has 0 aromatic carbocycles. The van der Waals surface area contributed by atoms with Gasteiger partial charge in [-0.15, -0.1) is 24.8 Å². The molecule has 28 heavy (non-hydrogen) atoms. The molecule has 2 N–H and O–H groups in total. The number of amides is 1. The number of aryl methyl sites for hydroxylation is 2. The molecule has 0 radical (unpaired) electrons. The van der Waals surface area contributed by atoms with E-state index in [0.29, 0.717) is 28.5 Å². The predicted molar refractivity (Wildman–Crippen MR) is 113 cm³/mol. The fourth-order valence-electron chi connectivity index (χ4n) is 3.31. The summed E-state index contributed by atoms with van der Waals surface area (Å²) in [6.07, 6.45) is 3.41. The molecule has 0 unspecified atom stereocenters. The van der Waals surface area contributed by atoms with E-state index in [9.17, 15) is 9.59 Å². The van der Waals surface area contributed by atoms with Gasteiger partial charge in [-0.1, -0.05) is 0 Å². The zero-order chi connectivity index (χ0) is 18.7. The molecule has 1 aliphatic heterocycles. The maximum Gasteiger partial charge on any atom is 0.349 e. The van der Waals surface area contributed by atoms with Crippen molar-refractivity contribution in [1.82, 2.24) is 10.3 Å². The van der Waals surface area contributed by atoms with Gasteiger partial charge in [0.2, 0.25) is 0 Å². The Labute approximate surface area is 176 Å². The average molecular weight is 430 g/mol. The summed E-state index contributed by atoms with van der Waals surface area (Å²) in [4.78, 5) is 29.3. The second kappa shape index (κ2) is 10.5. The van der Waals surface area contributed by atoms with Gasteiger partial charge in [0.1, 0.15) is 11.3 Å². The van der Waals surface area contributed by atoms with E-state index in [4.69, 9.17) is 9.15 Å². The van der Waals surface area contributed by atoms with Gasteiger partial charge in [0.15, 0.2) is 5.75 Å². The van der Waals surface area contributed by atoms with Gasteiger partial charge in [0.05, 0.1) is 18.5 Å². The van der Waals surface area contributed by atoms with Crippen molar-refractivity contribution in [2.75, 3.05) is 25.5 Å². The normalized spacial score (nSPS) is 13.8. The van der Waals surface area contributed by atoms with Gasteiger partial charge < -0.3 is 19.8 Å². The van der Waals surface area contributed by atoms with E-state index < -0.39 is 11.5 Å². The van der Waals surface area contributed by atoms with Crippen LogP contribution in [0.15, 0.2) is 27.5 Å². The first kappa shape index (κ1) is 23.9. The Kier molecular flexibility index (Phi) is 8.94. The molecule has 154 valence electrons. The molecule has 3 rings (SSSR count). The number of carbonyl (C=O) groups excluding carboxylic acids is 1. The highest BCUT2D eigenvalue weighted by molar-refractivity contribution is 6.05. The molecule has 0 saturated carbocycles. The molecule has 0 aliphatic carbocycles. The fourth-order valence-corrected chi connectivity index (χ4v) is 3.31. The van der Waals surface area contributed by atoms with Crippen LogP contribution in [0.4, 0.5) is 5.69 Å². The summed E-state index contributed by atoms with van der Waals surface area (Å²) < 4.78 is 10.8. The lowest BCUT2D eigenvalue weighted by molar-refractivity contribution is 0.102. The van der Waals surface area contributed by atoms with Crippen molar-refractivity contribution in [1.29, 1.82) is 0 Å². The molecule has 0 atom stereocenters. The summed E-state index contributed by atoms with van der Waals surface area (Å²) in [6.45, 7) is 5.33. The van der Waals surface area contributed by atoms with Crippen LogP contribution in [0.5, 0.6) is 5.75 Å². The van der Waals surface area contributed by atoms with E-state index in [0.717, 1.165) is 25.9 Å². The molecule has 2 aromatic heterocycles. The quantitative estimate of drug-likeness (QED) is 0.774. The highest BCUT2D eigenvalue weighted by atomic mass is 35.5. The zero-order valence-corrected chi connectivity index (χ0v) is 17.7.